The van der Waals surface area contributed by atoms with Crippen LogP contribution in [-0.4, -0.2) is 24.4 Å². The molecule has 0 aromatic carbocycles. The summed E-state index contributed by atoms with van der Waals surface area (Å²) in [5, 5.41) is 14.0. The minimum absolute atomic E-state index is 0. The van der Waals surface area contributed by atoms with Crippen LogP contribution >= 0.6 is 0 Å². The maximum Gasteiger partial charge on any atom is 0.0319 e. The fourth-order valence-corrected chi connectivity index (χ4v) is 1.28. The molecule has 26 heavy (non-hydrogen) atoms. The van der Waals surface area contributed by atoms with Gasteiger partial charge in [-0.25, -0.2) is 0 Å². The molecule has 4 heteroatoms. The van der Waals surface area contributed by atoms with Crippen molar-refractivity contribution < 1.29 is 53.6 Å². The second kappa shape index (κ2) is 35.4. The third-order valence-corrected chi connectivity index (χ3v) is 2.22. The first-order chi connectivity index (χ1) is 12.0. The average molecular weight is 420 g/mol. The van der Waals surface area contributed by atoms with Crippen LogP contribution in [0, 0.1) is 25.7 Å². The van der Waals surface area contributed by atoms with Gasteiger partial charge in [0.15, 0.2) is 0 Å². The molecule has 0 aromatic rings. The molecular formula is C22H28O2Ti2. The fraction of sp³-hybridized carbons (Fsp3) is 0.0909. The molecule has 4 radical (unpaired) electrons. The minimum Gasteiger partial charge on any atom is -0.400 e. The molecule has 0 unspecified atom stereocenters. The van der Waals surface area contributed by atoms with Crippen molar-refractivity contribution in [1.82, 2.24) is 0 Å². The largest absolute Gasteiger partial charge is 0.400 e. The zero-order valence-electron chi connectivity index (χ0n) is 15.4. The molecule has 4 rings (SSSR count). The summed E-state index contributed by atoms with van der Waals surface area (Å²) in [6.07, 6.45) is 40.0. The van der Waals surface area contributed by atoms with E-state index in [1.165, 1.54) is 0 Å². The molecule has 0 aromatic heterocycles. The Kier molecular flexibility index (Phi) is 44.8. The summed E-state index contributed by atoms with van der Waals surface area (Å²) in [5.41, 5.74) is 0. The van der Waals surface area contributed by atoms with E-state index in [1.807, 2.05) is 123 Å². The Balaban J connectivity index is -0.000000114. The average Bonchev–Trinajstić information content (AvgIpc) is 3.48. The molecule has 136 valence electrons. The van der Waals surface area contributed by atoms with Gasteiger partial charge in [0, 0.05) is 83.3 Å². The second-order valence-electron chi connectivity index (χ2n) is 3.85. The molecule has 4 aliphatic carbocycles. The predicted molar refractivity (Wildman–Crippen MR) is 107 cm³/mol. The summed E-state index contributed by atoms with van der Waals surface area (Å²) in [5.74, 6) is 0. The van der Waals surface area contributed by atoms with Crippen LogP contribution in [0.3, 0.4) is 0 Å². The number of hydrogen-bond acceptors (Lipinski definition) is 2. The first-order valence-corrected chi connectivity index (χ1v) is 7.56. The van der Waals surface area contributed by atoms with Crippen LogP contribution in [0.1, 0.15) is 0 Å². The summed E-state index contributed by atoms with van der Waals surface area (Å²) < 4.78 is 0. The van der Waals surface area contributed by atoms with Crippen LogP contribution in [0.2, 0.25) is 0 Å². The molecule has 0 spiro atoms. The molecule has 0 saturated carbocycles. The van der Waals surface area contributed by atoms with Crippen LogP contribution in [0.4, 0.5) is 0 Å². The Morgan fingerprint density at radius 2 is 0.385 bits per heavy atom. The van der Waals surface area contributed by atoms with Gasteiger partial charge in [0.25, 0.3) is 0 Å². The number of aliphatic hydroxyl groups is 2. The summed E-state index contributed by atoms with van der Waals surface area (Å²) in [6, 6.07) is 0. The van der Waals surface area contributed by atoms with Gasteiger partial charge in [0.05, 0.1) is 0 Å². The summed E-state index contributed by atoms with van der Waals surface area (Å²) in [7, 11) is 2.00. The normalized spacial score (nSPS) is 14.0. The first kappa shape index (κ1) is 32.9. The Morgan fingerprint density at radius 1 is 0.269 bits per heavy atom. The van der Waals surface area contributed by atoms with Crippen LogP contribution < -0.4 is 0 Å². The van der Waals surface area contributed by atoms with Crippen LogP contribution in [-0.2, 0) is 43.4 Å². The number of aliphatic hydroxyl groups excluding tert-OH is 2. The van der Waals surface area contributed by atoms with Crippen molar-refractivity contribution in [2.75, 3.05) is 14.2 Å². The first-order valence-electron chi connectivity index (χ1n) is 7.56. The molecule has 0 fully saturated rings. The molecule has 4 aliphatic rings. The molecule has 0 aliphatic heterocycles. The van der Waals surface area contributed by atoms with Gasteiger partial charge >= 0.3 is 0 Å². The maximum absolute atomic E-state index is 7.00. The van der Waals surface area contributed by atoms with Gasteiger partial charge in [-0.15, -0.1) is 0 Å². The van der Waals surface area contributed by atoms with Gasteiger partial charge < -0.3 is 10.2 Å². The standard InChI is InChI=1S/4C5H5.2CH4O.2Ti/c4*1-2-4-5-3-1;2*1-2;;/h4*1-5H;2*2H,1H3;;. The Hall–Kier alpha value is -0.731. The molecular weight excluding hydrogens is 392 g/mol. The Bertz CT molecular complexity index is 341. The van der Waals surface area contributed by atoms with Gasteiger partial charge in [0.2, 0.25) is 0 Å². The molecule has 0 saturated heterocycles. The predicted octanol–water partition coefficient (Wildman–Crippen LogP) is 4.48. The number of hydrogen-bond donors (Lipinski definition) is 2. The van der Waals surface area contributed by atoms with Crippen molar-refractivity contribution in [1.29, 1.82) is 0 Å². The van der Waals surface area contributed by atoms with Gasteiger partial charge in [-0.2, -0.15) is 0 Å². The quantitative estimate of drug-likeness (QED) is 0.568. The SMILES string of the molecule is CO.CO.[CH]1C=CC=C1.[CH]1C=CC=C1.[CH]1C=CC=C1.[CH]1C=CC=C1.[Ti].[Ti]. The van der Waals surface area contributed by atoms with Crippen molar-refractivity contribution in [2.45, 2.75) is 0 Å². The smallest absolute Gasteiger partial charge is 0.0319 e. The molecule has 0 atom stereocenters. The molecule has 0 amide bonds. The summed E-state index contributed by atoms with van der Waals surface area (Å²) in [4.78, 5) is 0. The van der Waals surface area contributed by atoms with E-state index >= 15 is 0 Å². The van der Waals surface area contributed by atoms with E-state index in [0.717, 1.165) is 14.2 Å². The minimum atomic E-state index is 0. The van der Waals surface area contributed by atoms with E-state index in [-0.39, 0.29) is 43.4 Å². The molecule has 2 N–H and O–H groups in total. The van der Waals surface area contributed by atoms with E-state index in [4.69, 9.17) is 10.2 Å². The zero-order chi connectivity index (χ0) is 18.1. The summed E-state index contributed by atoms with van der Waals surface area (Å²) >= 11 is 0. The van der Waals surface area contributed by atoms with Crippen molar-refractivity contribution in [3.63, 3.8) is 0 Å². The zero-order valence-corrected chi connectivity index (χ0v) is 18.6. The van der Waals surface area contributed by atoms with E-state index in [9.17, 15) is 0 Å². The number of allylic oxidation sites excluding steroid dienone is 16. The molecule has 2 nitrogen and oxygen atoms in total. The Morgan fingerprint density at radius 3 is 0.423 bits per heavy atom. The van der Waals surface area contributed by atoms with E-state index in [2.05, 4.69) is 0 Å². The molecule has 0 bridgehead atoms. The molecule has 0 heterocycles. The van der Waals surface area contributed by atoms with Gasteiger partial charge in [-0.05, 0) is 0 Å². The van der Waals surface area contributed by atoms with Crippen LogP contribution in [0.25, 0.3) is 0 Å². The maximum atomic E-state index is 7.00. The summed E-state index contributed by atoms with van der Waals surface area (Å²) in [6.45, 7) is 0. The van der Waals surface area contributed by atoms with E-state index < -0.39 is 0 Å². The van der Waals surface area contributed by atoms with Gasteiger partial charge in [-0.1, -0.05) is 97.2 Å². The van der Waals surface area contributed by atoms with Gasteiger partial charge in [0.1, 0.15) is 0 Å². The van der Waals surface area contributed by atoms with E-state index in [1.54, 1.807) is 0 Å². The third kappa shape index (κ3) is 31.1. The van der Waals surface area contributed by atoms with Crippen molar-refractivity contribution in [3.8, 4) is 0 Å². The number of rotatable bonds is 0. The van der Waals surface area contributed by atoms with Crippen LogP contribution in [0.5, 0.6) is 0 Å². The topological polar surface area (TPSA) is 40.5 Å². The van der Waals surface area contributed by atoms with Crippen molar-refractivity contribution >= 4 is 0 Å². The van der Waals surface area contributed by atoms with Crippen LogP contribution in [0.15, 0.2) is 97.2 Å². The fourth-order valence-electron chi connectivity index (χ4n) is 1.28. The van der Waals surface area contributed by atoms with Gasteiger partial charge in [-0.3, -0.25) is 0 Å². The third-order valence-electron chi connectivity index (χ3n) is 2.22. The second-order valence-corrected chi connectivity index (χ2v) is 3.85. The van der Waals surface area contributed by atoms with Crippen molar-refractivity contribution in [3.05, 3.63) is 123 Å². The van der Waals surface area contributed by atoms with Crippen molar-refractivity contribution in [2.24, 2.45) is 0 Å². The monoisotopic (exact) mass is 420 g/mol. The van der Waals surface area contributed by atoms with E-state index in [0.29, 0.717) is 0 Å². The Labute approximate surface area is 189 Å².